The van der Waals surface area contributed by atoms with Gasteiger partial charge in [-0.1, -0.05) is 34.1 Å². The van der Waals surface area contributed by atoms with Gasteiger partial charge in [0.25, 0.3) is 0 Å². The van der Waals surface area contributed by atoms with Crippen molar-refractivity contribution >= 4 is 27.6 Å². The van der Waals surface area contributed by atoms with Crippen LogP contribution in [-0.4, -0.2) is 17.7 Å². The van der Waals surface area contributed by atoms with E-state index in [4.69, 9.17) is 4.74 Å². The molecule has 0 radical (unpaired) electrons. The van der Waals surface area contributed by atoms with Crippen molar-refractivity contribution in [1.82, 2.24) is 0 Å². The lowest BCUT2D eigenvalue weighted by atomic mass is 10.1. The molecule has 0 saturated carbocycles. The first-order valence-corrected chi connectivity index (χ1v) is 7.37. The Kier molecular flexibility index (Phi) is 5.22. The molecule has 0 aromatic heterocycles. The zero-order chi connectivity index (χ0) is 15.2. The van der Waals surface area contributed by atoms with Gasteiger partial charge in [-0.05, 0) is 42.8 Å². The Morgan fingerprint density at radius 1 is 1.29 bits per heavy atom. The van der Waals surface area contributed by atoms with E-state index in [0.29, 0.717) is 12.2 Å². The number of carbonyl (C=O) groups is 1. The molecule has 2 aromatic carbocycles. The van der Waals surface area contributed by atoms with E-state index in [0.717, 1.165) is 15.9 Å². The number of benzene rings is 2. The summed E-state index contributed by atoms with van der Waals surface area (Å²) in [6, 6.07) is 13.7. The van der Waals surface area contributed by atoms with Crippen LogP contribution in [0.5, 0.6) is 5.75 Å². The SMILES string of the molecule is CCOc1ccc(C(Nc2cccc(Br)c2)C(=O)O)cc1. The minimum Gasteiger partial charge on any atom is -0.494 e. The molecule has 2 rings (SSSR count). The Labute approximate surface area is 131 Å². The maximum Gasteiger partial charge on any atom is 0.330 e. The van der Waals surface area contributed by atoms with Crippen molar-refractivity contribution in [3.63, 3.8) is 0 Å². The Balaban J connectivity index is 2.20. The summed E-state index contributed by atoms with van der Waals surface area (Å²) in [6.07, 6.45) is 0. The molecule has 21 heavy (non-hydrogen) atoms. The predicted octanol–water partition coefficient (Wildman–Crippen LogP) is 4.09. The first kappa shape index (κ1) is 15.4. The van der Waals surface area contributed by atoms with E-state index in [2.05, 4.69) is 21.2 Å². The van der Waals surface area contributed by atoms with Crippen molar-refractivity contribution in [3.05, 3.63) is 58.6 Å². The molecule has 1 atom stereocenters. The molecule has 0 bridgehead atoms. The van der Waals surface area contributed by atoms with Crippen LogP contribution < -0.4 is 10.1 Å². The highest BCUT2D eigenvalue weighted by molar-refractivity contribution is 9.10. The van der Waals surface area contributed by atoms with Crippen molar-refractivity contribution < 1.29 is 14.6 Å². The van der Waals surface area contributed by atoms with Crippen molar-refractivity contribution in [1.29, 1.82) is 0 Å². The van der Waals surface area contributed by atoms with Gasteiger partial charge in [0, 0.05) is 10.2 Å². The third-order valence-electron chi connectivity index (χ3n) is 2.91. The Hall–Kier alpha value is -2.01. The van der Waals surface area contributed by atoms with Gasteiger partial charge < -0.3 is 15.2 Å². The summed E-state index contributed by atoms with van der Waals surface area (Å²) in [6.45, 7) is 2.49. The fourth-order valence-electron chi connectivity index (χ4n) is 1.96. The standard InChI is InChI=1S/C16H16BrNO3/c1-2-21-14-8-6-11(7-9-14)15(16(19)20)18-13-5-3-4-12(17)10-13/h3-10,15,18H,2H2,1H3,(H,19,20). The molecule has 0 aliphatic rings. The normalized spacial score (nSPS) is 11.7. The fourth-order valence-corrected chi connectivity index (χ4v) is 2.35. The minimum atomic E-state index is -0.931. The van der Waals surface area contributed by atoms with Gasteiger partial charge in [0.1, 0.15) is 5.75 Å². The average Bonchev–Trinajstić information content (AvgIpc) is 2.46. The van der Waals surface area contributed by atoms with Gasteiger partial charge in [-0.15, -0.1) is 0 Å². The minimum absolute atomic E-state index is 0.581. The van der Waals surface area contributed by atoms with Gasteiger partial charge in [-0.3, -0.25) is 0 Å². The predicted molar refractivity (Wildman–Crippen MR) is 85.8 cm³/mol. The Bertz CT molecular complexity index is 613. The van der Waals surface area contributed by atoms with Crippen LogP contribution in [-0.2, 0) is 4.79 Å². The fraction of sp³-hybridized carbons (Fsp3) is 0.188. The number of carboxylic acid groups (broad SMARTS) is 1. The highest BCUT2D eigenvalue weighted by Gasteiger charge is 2.19. The number of rotatable bonds is 6. The lowest BCUT2D eigenvalue weighted by molar-refractivity contribution is -0.138. The summed E-state index contributed by atoms with van der Waals surface area (Å²) >= 11 is 3.37. The van der Waals surface area contributed by atoms with Crippen molar-refractivity contribution in [2.45, 2.75) is 13.0 Å². The smallest absolute Gasteiger partial charge is 0.330 e. The summed E-state index contributed by atoms with van der Waals surface area (Å²) in [4.78, 5) is 11.5. The molecule has 0 aliphatic carbocycles. The first-order valence-electron chi connectivity index (χ1n) is 6.58. The van der Waals surface area contributed by atoms with Crippen LogP contribution in [0.15, 0.2) is 53.0 Å². The van der Waals surface area contributed by atoms with Crippen LogP contribution in [0.3, 0.4) is 0 Å². The number of anilines is 1. The van der Waals surface area contributed by atoms with Gasteiger partial charge in [0.2, 0.25) is 0 Å². The molecule has 2 aromatic rings. The summed E-state index contributed by atoms with van der Waals surface area (Å²) in [7, 11) is 0. The van der Waals surface area contributed by atoms with Gasteiger partial charge >= 0.3 is 5.97 Å². The molecule has 1 unspecified atom stereocenters. The van der Waals surface area contributed by atoms with Gasteiger partial charge in [0.15, 0.2) is 6.04 Å². The van der Waals surface area contributed by atoms with E-state index >= 15 is 0 Å². The van der Waals surface area contributed by atoms with Crippen LogP contribution in [0.1, 0.15) is 18.5 Å². The summed E-state index contributed by atoms with van der Waals surface area (Å²) in [5.74, 6) is -0.202. The number of nitrogens with one attached hydrogen (secondary N) is 1. The number of halogens is 1. The third-order valence-corrected chi connectivity index (χ3v) is 3.40. The van der Waals surface area contributed by atoms with E-state index in [1.165, 1.54) is 0 Å². The molecular weight excluding hydrogens is 334 g/mol. The van der Waals surface area contributed by atoms with E-state index in [1.54, 1.807) is 24.3 Å². The van der Waals surface area contributed by atoms with Crippen LogP contribution in [0.2, 0.25) is 0 Å². The third kappa shape index (κ3) is 4.23. The second kappa shape index (κ2) is 7.13. The number of ether oxygens (including phenoxy) is 1. The van der Waals surface area contributed by atoms with Crippen LogP contribution >= 0.6 is 15.9 Å². The molecule has 0 heterocycles. The van der Waals surface area contributed by atoms with E-state index in [1.807, 2.05) is 31.2 Å². The molecule has 5 heteroatoms. The molecule has 0 saturated heterocycles. The number of hydrogen-bond acceptors (Lipinski definition) is 3. The largest absolute Gasteiger partial charge is 0.494 e. The Morgan fingerprint density at radius 2 is 2.00 bits per heavy atom. The maximum absolute atomic E-state index is 11.5. The molecule has 110 valence electrons. The zero-order valence-electron chi connectivity index (χ0n) is 11.5. The lowest BCUT2D eigenvalue weighted by Gasteiger charge is -2.17. The second-order valence-corrected chi connectivity index (χ2v) is 5.34. The summed E-state index contributed by atoms with van der Waals surface area (Å²) in [5, 5.41) is 12.4. The van der Waals surface area contributed by atoms with Crippen LogP contribution in [0, 0.1) is 0 Å². The molecule has 0 spiro atoms. The van der Waals surface area contributed by atoms with E-state index in [9.17, 15) is 9.90 Å². The lowest BCUT2D eigenvalue weighted by Crippen LogP contribution is -2.20. The number of hydrogen-bond donors (Lipinski definition) is 2. The van der Waals surface area contributed by atoms with E-state index < -0.39 is 12.0 Å². The number of aliphatic carboxylic acids is 1. The monoisotopic (exact) mass is 349 g/mol. The quantitative estimate of drug-likeness (QED) is 0.824. The highest BCUT2D eigenvalue weighted by Crippen LogP contribution is 2.24. The van der Waals surface area contributed by atoms with Crippen LogP contribution in [0.4, 0.5) is 5.69 Å². The number of carboxylic acids is 1. The van der Waals surface area contributed by atoms with Gasteiger partial charge in [0.05, 0.1) is 6.61 Å². The average molecular weight is 350 g/mol. The molecule has 4 nitrogen and oxygen atoms in total. The Morgan fingerprint density at radius 3 is 2.57 bits per heavy atom. The molecule has 0 fully saturated rings. The van der Waals surface area contributed by atoms with Crippen molar-refractivity contribution in [2.75, 3.05) is 11.9 Å². The molecule has 0 amide bonds. The highest BCUT2D eigenvalue weighted by atomic mass is 79.9. The second-order valence-electron chi connectivity index (χ2n) is 4.43. The molecule has 0 aliphatic heterocycles. The summed E-state index contributed by atoms with van der Waals surface area (Å²) < 4.78 is 6.25. The topological polar surface area (TPSA) is 58.6 Å². The zero-order valence-corrected chi connectivity index (χ0v) is 13.1. The first-order chi connectivity index (χ1) is 10.1. The van der Waals surface area contributed by atoms with Gasteiger partial charge in [-0.2, -0.15) is 0 Å². The van der Waals surface area contributed by atoms with Crippen molar-refractivity contribution in [3.8, 4) is 5.75 Å². The van der Waals surface area contributed by atoms with Crippen LogP contribution in [0.25, 0.3) is 0 Å². The molecule has 2 N–H and O–H groups in total. The summed E-state index contributed by atoms with van der Waals surface area (Å²) in [5.41, 5.74) is 1.41. The van der Waals surface area contributed by atoms with Crippen molar-refractivity contribution in [2.24, 2.45) is 0 Å². The maximum atomic E-state index is 11.5. The molecular formula is C16H16BrNO3. The van der Waals surface area contributed by atoms with Gasteiger partial charge in [-0.25, -0.2) is 4.79 Å². The van der Waals surface area contributed by atoms with E-state index in [-0.39, 0.29) is 0 Å².